The molecule has 0 aromatic heterocycles. The van der Waals surface area contributed by atoms with Crippen molar-refractivity contribution >= 4 is 34.2 Å². The number of anilines is 1. The Bertz CT molecular complexity index is 1890. The molecule has 8 nitrogen and oxygen atoms in total. The molecule has 314 valence electrons. The molecule has 3 aliphatic heterocycles. The minimum absolute atomic E-state index is 0.104. The molecular formula is C48H65ClN4O4S. The summed E-state index contributed by atoms with van der Waals surface area (Å²) < 4.78 is 29.6. The molecule has 1 aliphatic carbocycles. The van der Waals surface area contributed by atoms with Crippen molar-refractivity contribution in [1.29, 1.82) is 0 Å². The molecule has 1 saturated carbocycles. The summed E-state index contributed by atoms with van der Waals surface area (Å²) in [6.45, 7) is 13.9. The Morgan fingerprint density at radius 3 is 2.64 bits per heavy atom. The molecule has 7 rings (SSSR count). The molecule has 4 aliphatic rings. The third-order valence-electron chi connectivity index (χ3n) is 13.3. The fourth-order valence-electron chi connectivity index (χ4n) is 10.0. The van der Waals surface area contributed by atoms with Crippen LogP contribution in [0.2, 0.25) is 5.02 Å². The van der Waals surface area contributed by atoms with Gasteiger partial charge in [-0.1, -0.05) is 86.8 Å². The fourth-order valence-corrected chi connectivity index (χ4v) is 11.1. The number of carbonyl (C=O) groups excluding carboxylic acids is 1. The monoisotopic (exact) mass is 828 g/mol. The van der Waals surface area contributed by atoms with E-state index >= 15 is 0 Å². The number of piperazine rings is 1. The van der Waals surface area contributed by atoms with Gasteiger partial charge in [-0.05, 0) is 117 Å². The van der Waals surface area contributed by atoms with Crippen molar-refractivity contribution in [3.05, 3.63) is 106 Å². The molecule has 58 heavy (non-hydrogen) atoms. The lowest BCUT2D eigenvalue weighted by Crippen LogP contribution is -2.61. The van der Waals surface area contributed by atoms with E-state index in [1.54, 1.807) is 6.07 Å². The Hall–Kier alpha value is -3.21. The van der Waals surface area contributed by atoms with Crippen molar-refractivity contribution in [3.8, 4) is 5.75 Å². The lowest BCUT2D eigenvalue weighted by molar-refractivity contribution is -0.0999. The van der Waals surface area contributed by atoms with Crippen LogP contribution >= 0.6 is 11.6 Å². The first-order valence-corrected chi connectivity index (χ1v) is 23.5. The summed E-state index contributed by atoms with van der Waals surface area (Å²) in [5.74, 6) is 1.27. The van der Waals surface area contributed by atoms with Crippen molar-refractivity contribution in [1.82, 2.24) is 14.5 Å². The van der Waals surface area contributed by atoms with Crippen LogP contribution in [-0.2, 0) is 28.6 Å². The highest BCUT2D eigenvalue weighted by Gasteiger charge is 2.49. The summed E-state index contributed by atoms with van der Waals surface area (Å²) >= 11 is 6.55. The molecule has 0 radical (unpaired) electrons. The van der Waals surface area contributed by atoms with Gasteiger partial charge in [0.25, 0.3) is 5.91 Å². The number of aryl methyl sites for hydroxylation is 1. The van der Waals surface area contributed by atoms with Crippen molar-refractivity contribution in [2.75, 3.05) is 64.4 Å². The van der Waals surface area contributed by atoms with Crippen LogP contribution < -0.4 is 14.4 Å². The number of benzene rings is 3. The smallest absolute Gasteiger partial charge is 0.263 e. The van der Waals surface area contributed by atoms with Gasteiger partial charge in [0.05, 0.1) is 17.5 Å². The third-order valence-corrected chi connectivity index (χ3v) is 14.9. The summed E-state index contributed by atoms with van der Waals surface area (Å²) in [5.41, 5.74) is 4.64. The zero-order valence-corrected chi connectivity index (χ0v) is 36.7. The lowest BCUT2D eigenvalue weighted by Gasteiger charge is -2.53. The predicted molar refractivity (Wildman–Crippen MR) is 239 cm³/mol. The molecule has 3 aromatic rings. The van der Waals surface area contributed by atoms with Crippen molar-refractivity contribution in [2.45, 2.75) is 101 Å². The van der Waals surface area contributed by atoms with Gasteiger partial charge in [0.15, 0.2) is 0 Å². The number of rotatable bonds is 16. The summed E-state index contributed by atoms with van der Waals surface area (Å²) in [5, 5.41) is 0.514. The number of amides is 1. The van der Waals surface area contributed by atoms with Crippen LogP contribution in [0.5, 0.6) is 5.75 Å². The van der Waals surface area contributed by atoms with Crippen LogP contribution in [0, 0.1) is 11.8 Å². The average Bonchev–Trinajstić information content (AvgIpc) is 3.40. The molecule has 1 amide bonds. The van der Waals surface area contributed by atoms with Crippen LogP contribution in [0.25, 0.3) is 0 Å². The SMILES string of the molecule is CC/C=C/[C@](CN1CCN2CCCCC2C1)(OC)C1CCC1CN1CC(c2ccc(Cl)cc2CCC)COc2ccc(C(=O)NS(=O)C(C)Cc3ccccc3)cc21. The number of methoxy groups -OCH3 is 1. The molecule has 2 saturated heterocycles. The van der Waals surface area contributed by atoms with Crippen LogP contribution in [0.3, 0.4) is 0 Å². The number of hydrogen-bond acceptors (Lipinski definition) is 7. The zero-order valence-electron chi connectivity index (χ0n) is 35.2. The van der Waals surface area contributed by atoms with Gasteiger partial charge in [0, 0.05) is 68.9 Å². The zero-order chi connectivity index (χ0) is 40.6. The summed E-state index contributed by atoms with van der Waals surface area (Å²) in [6.07, 6.45) is 14.4. The van der Waals surface area contributed by atoms with Crippen LogP contribution in [0.4, 0.5) is 5.69 Å². The molecule has 3 heterocycles. The largest absolute Gasteiger partial charge is 0.491 e. The quantitative estimate of drug-likeness (QED) is 0.145. The van der Waals surface area contributed by atoms with Gasteiger partial charge >= 0.3 is 0 Å². The van der Waals surface area contributed by atoms with E-state index in [1.165, 1.54) is 36.9 Å². The number of halogens is 1. The highest BCUT2D eigenvalue weighted by molar-refractivity contribution is 7.84. The maximum absolute atomic E-state index is 13.8. The van der Waals surface area contributed by atoms with E-state index in [4.69, 9.17) is 21.1 Å². The summed E-state index contributed by atoms with van der Waals surface area (Å²) in [6, 6.07) is 22.6. The topological polar surface area (TPSA) is 74.3 Å². The summed E-state index contributed by atoms with van der Waals surface area (Å²) in [4.78, 5) is 21.7. The highest BCUT2D eigenvalue weighted by Crippen LogP contribution is 2.47. The molecule has 7 atom stereocenters. The molecule has 6 unspecified atom stereocenters. The Kier molecular flexibility index (Phi) is 14.7. The average molecular weight is 830 g/mol. The number of nitrogens with one attached hydrogen (secondary N) is 1. The van der Waals surface area contributed by atoms with Gasteiger partial charge in [-0.2, -0.15) is 0 Å². The number of hydrogen-bond donors (Lipinski definition) is 1. The summed E-state index contributed by atoms with van der Waals surface area (Å²) in [7, 11) is 0.364. The van der Waals surface area contributed by atoms with Crippen LogP contribution in [0.15, 0.2) is 78.9 Å². The van der Waals surface area contributed by atoms with Crippen molar-refractivity contribution in [2.24, 2.45) is 11.8 Å². The maximum atomic E-state index is 13.8. The maximum Gasteiger partial charge on any atom is 0.263 e. The minimum atomic E-state index is -1.56. The standard InChI is InChI=1S/C48H65ClN4O4S/c1-5-7-23-48(56-4,34-51-25-26-52-24-12-11-16-42(52)32-51)44-21-17-39(44)30-53-31-40(43-20-19-41(49)28-37(43)13-6-2)33-57-46-22-18-38(29-45(46)53)47(54)50-58(55)35(3)27-36-14-9-8-10-15-36/h7-10,14-15,18-20,22-23,28-29,35,39-40,42,44H,5-6,11-13,16-17,21,24-27,30-34H2,1-4H3,(H,50,54)/b23-7+/t35?,39?,40?,42?,44?,48-,58?/m1/s1. The van der Waals surface area contributed by atoms with E-state index < -0.39 is 11.0 Å². The number of fused-ring (bicyclic) bond motifs is 2. The molecule has 10 heteroatoms. The van der Waals surface area contributed by atoms with Crippen molar-refractivity contribution < 1.29 is 18.5 Å². The van der Waals surface area contributed by atoms with Gasteiger partial charge in [0.2, 0.25) is 0 Å². The molecule has 3 fully saturated rings. The molecule has 3 aromatic carbocycles. The Balaban J connectivity index is 1.16. The Labute approximate surface area is 355 Å². The number of ether oxygens (including phenoxy) is 2. The van der Waals surface area contributed by atoms with Gasteiger partial charge < -0.3 is 14.4 Å². The van der Waals surface area contributed by atoms with E-state index in [9.17, 15) is 9.00 Å². The van der Waals surface area contributed by atoms with Gasteiger partial charge in [0.1, 0.15) is 22.3 Å². The van der Waals surface area contributed by atoms with Crippen LogP contribution in [-0.4, -0.2) is 96.3 Å². The first kappa shape index (κ1) is 42.9. The number of piperidine rings is 1. The molecule has 1 N–H and O–H groups in total. The molecule has 0 bridgehead atoms. The molecule has 0 spiro atoms. The third kappa shape index (κ3) is 10.0. The van der Waals surface area contributed by atoms with E-state index in [1.807, 2.05) is 62.6 Å². The number of allylic oxidation sites excluding steroid dienone is 1. The second kappa shape index (κ2) is 19.9. The highest BCUT2D eigenvalue weighted by atomic mass is 35.5. The van der Waals surface area contributed by atoms with Gasteiger partial charge in [-0.25, -0.2) is 4.21 Å². The predicted octanol–water partition coefficient (Wildman–Crippen LogP) is 8.85. The molecular weight excluding hydrogens is 764 g/mol. The van der Waals surface area contributed by atoms with E-state index in [2.05, 4.69) is 57.6 Å². The fraction of sp³-hybridized carbons (Fsp3) is 0.562. The first-order chi connectivity index (χ1) is 28.2. The minimum Gasteiger partial charge on any atom is -0.491 e. The second-order valence-electron chi connectivity index (χ2n) is 17.3. The van der Waals surface area contributed by atoms with E-state index in [-0.39, 0.29) is 22.7 Å². The Morgan fingerprint density at radius 2 is 1.88 bits per heavy atom. The van der Waals surface area contributed by atoms with E-state index in [0.717, 1.165) is 93.4 Å². The Morgan fingerprint density at radius 1 is 1.03 bits per heavy atom. The van der Waals surface area contributed by atoms with Crippen LogP contribution in [0.1, 0.15) is 98.7 Å². The lowest BCUT2D eigenvalue weighted by atomic mass is 9.63. The normalized spacial score (nSPS) is 24.7. The van der Waals surface area contributed by atoms with Gasteiger partial charge in [-0.15, -0.1) is 0 Å². The number of carbonyl (C=O) groups is 1. The first-order valence-electron chi connectivity index (χ1n) is 21.9. The van der Waals surface area contributed by atoms with E-state index in [0.29, 0.717) is 36.5 Å². The van der Waals surface area contributed by atoms with Crippen molar-refractivity contribution in [3.63, 3.8) is 0 Å². The number of nitrogens with zero attached hydrogens (tertiary/aromatic N) is 3. The van der Waals surface area contributed by atoms with Gasteiger partial charge in [-0.3, -0.25) is 19.3 Å². The second-order valence-corrected chi connectivity index (χ2v) is 19.3.